The van der Waals surface area contributed by atoms with Gasteiger partial charge in [0.1, 0.15) is 0 Å². The Labute approximate surface area is 137 Å². The molecule has 0 aliphatic rings. The van der Waals surface area contributed by atoms with E-state index in [9.17, 15) is 4.79 Å². The van der Waals surface area contributed by atoms with E-state index in [-0.39, 0.29) is 18.3 Å². The van der Waals surface area contributed by atoms with E-state index in [1.54, 1.807) is 0 Å². The summed E-state index contributed by atoms with van der Waals surface area (Å²) in [5, 5.41) is 10.0. The molecule has 116 valence electrons. The van der Waals surface area contributed by atoms with E-state index in [2.05, 4.69) is 12.2 Å². The second kappa shape index (κ2) is 8.35. The van der Waals surface area contributed by atoms with Gasteiger partial charge in [-0.25, -0.2) is 0 Å². The van der Waals surface area contributed by atoms with E-state index in [4.69, 9.17) is 5.41 Å². The normalized spacial score (nSPS) is 11.2. The summed E-state index contributed by atoms with van der Waals surface area (Å²) >= 11 is 0. The van der Waals surface area contributed by atoms with Gasteiger partial charge in [0, 0.05) is 11.3 Å². The number of hydrogen-bond acceptors (Lipinski definition) is 2. The predicted molar refractivity (Wildman–Crippen MR) is 94.6 cm³/mol. The number of aryl methyl sites for hydroxylation is 1. The van der Waals surface area contributed by atoms with Crippen LogP contribution in [-0.4, -0.2) is 12.1 Å². The Morgan fingerprint density at radius 1 is 1.14 bits per heavy atom. The van der Waals surface area contributed by atoms with Gasteiger partial charge >= 0.3 is 0 Å². The van der Waals surface area contributed by atoms with Crippen LogP contribution in [0.25, 0.3) is 0 Å². The van der Waals surface area contributed by atoms with Crippen LogP contribution in [0.15, 0.2) is 48.5 Å². The van der Waals surface area contributed by atoms with Crippen LogP contribution in [0.3, 0.4) is 0 Å². The van der Waals surface area contributed by atoms with E-state index in [1.807, 2.05) is 55.5 Å². The highest BCUT2D eigenvalue weighted by Gasteiger charge is 2.07. The summed E-state index contributed by atoms with van der Waals surface area (Å²) in [7, 11) is 0. The lowest BCUT2D eigenvalue weighted by molar-refractivity contribution is 0.102. The van der Waals surface area contributed by atoms with Gasteiger partial charge in [-0.15, -0.1) is 12.4 Å². The third-order valence-corrected chi connectivity index (χ3v) is 3.52. The van der Waals surface area contributed by atoms with E-state index < -0.39 is 0 Å². The molecule has 0 aromatic heterocycles. The lowest BCUT2D eigenvalue weighted by Crippen LogP contribution is -2.11. The van der Waals surface area contributed by atoms with Crippen LogP contribution in [0.1, 0.15) is 40.7 Å². The molecule has 0 saturated heterocycles. The molecule has 0 heterocycles. The molecule has 1 atom stereocenters. The third-order valence-electron chi connectivity index (χ3n) is 3.52. The van der Waals surface area contributed by atoms with E-state index in [0.717, 1.165) is 17.7 Å². The zero-order valence-corrected chi connectivity index (χ0v) is 13.6. The molecule has 1 unspecified atom stereocenters. The summed E-state index contributed by atoms with van der Waals surface area (Å²) in [5.74, 6) is 0.222. The molecule has 0 bridgehead atoms. The van der Waals surface area contributed by atoms with Crippen LogP contribution in [0.5, 0.6) is 0 Å². The molecule has 0 spiro atoms. The number of benzene rings is 2. The summed E-state index contributed by atoms with van der Waals surface area (Å²) in [4.78, 5) is 12.1. The standard InChI is InChI=1S/C18H20N2O.ClH/c1-13-3-5-16(6-4-13)18(21)20-17-9-7-15(8-10-17)14(2)11-12-19;/h3-10,12,14,19H,11H2,1-2H3,(H,20,21);1H. The summed E-state index contributed by atoms with van der Waals surface area (Å²) in [6.07, 6.45) is 2.16. The maximum Gasteiger partial charge on any atom is 0.255 e. The van der Waals surface area contributed by atoms with Crippen molar-refractivity contribution in [2.24, 2.45) is 0 Å². The Morgan fingerprint density at radius 3 is 2.27 bits per heavy atom. The van der Waals surface area contributed by atoms with Crippen molar-refractivity contribution in [3.63, 3.8) is 0 Å². The molecule has 2 rings (SSSR count). The Hall–Kier alpha value is -2.13. The maximum atomic E-state index is 12.1. The van der Waals surface area contributed by atoms with Crippen LogP contribution in [0.4, 0.5) is 5.69 Å². The molecule has 2 aromatic rings. The van der Waals surface area contributed by atoms with Gasteiger partial charge in [0.2, 0.25) is 0 Å². The van der Waals surface area contributed by atoms with Crippen molar-refractivity contribution in [3.8, 4) is 0 Å². The van der Waals surface area contributed by atoms with Gasteiger partial charge in [0.05, 0.1) is 0 Å². The third kappa shape index (κ3) is 4.71. The Morgan fingerprint density at radius 2 is 1.73 bits per heavy atom. The van der Waals surface area contributed by atoms with E-state index in [1.165, 1.54) is 11.8 Å². The molecule has 3 nitrogen and oxygen atoms in total. The first kappa shape index (κ1) is 17.9. The van der Waals surface area contributed by atoms with Crippen molar-refractivity contribution in [1.82, 2.24) is 0 Å². The average Bonchev–Trinajstić information content (AvgIpc) is 2.49. The van der Waals surface area contributed by atoms with Crippen LogP contribution < -0.4 is 5.32 Å². The van der Waals surface area contributed by atoms with Crippen LogP contribution in [0.2, 0.25) is 0 Å². The number of carbonyl (C=O) groups excluding carboxylic acids is 1. The molecular formula is C18H21ClN2O. The lowest BCUT2D eigenvalue weighted by Gasteiger charge is -2.10. The maximum absolute atomic E-state index is 12.1. The van der Waals surface area contributed by atoms with Gasteiger partial charge in [-0.2, -0.15) is 0 Å². The highest BCUT2D eigenvalue weighted by Crippen LogP contribution is 2.20. The average molecular weight is 317 g/mol. The lowest BCUT2D eigenvalue weighted by atomic mass is 9.98. The molecule has 22 heavy (non-hydrogen) atoms. The van der Waals surface area contributed by atoms with Gasteiger partial charge in [-0.1, -0.05) is 36.8 Å². The van der Waals surface area contributed by atoms with Crippen molar-refractivity contribution < 1.29 is 4.79 Å². The zero-order chi connectivity index (χ0) is 15.2. The smallest absolute Gasteiger partial charge is 0.255 e. The molecule has 2 N–H and O–H groups in total. The van der Waals surface area contributed by atoms with Crippen LogP contribution >= 0.6 is 12.4 Å². The highest BCUT2D eigenvalue weighted by molar-refractivity contribution is 6.04. The molecular weight excluding hydrogens is 296 g/mol. The van der Waals surface area contributed by atoms with Gasteiger partial charge in [0.25, 0.3) is 5.91 Å². The van der Waals surface area contributed by atoms with Crippen molar-refractivity contribution >= 4 is 30.2 Å². The molecule has 0 fully saturated rings. The van der Waals surface area contributed by atoms with Gasteiger partial charge < -0.3 is 10.7 Å². The minimum absolute atomic E-state index is 0. The highest BCUT2D eigenvalue weighted by atomic mass is 35.5. The van der Waals surface area contributed by atoms with Crippen LogP contribution in [0, 0.1) is 12.3 Å². The molecule has 0 radical (unpaired) electrons. The summed E-state index contributed by atoms with van der Waals surface area (Å²) in [6.45, 7) is 4.08. The predicted octanol–water partition coefficient (Wildman–Crippen LogP) is 4.81. The largest absolute Gasteiger partial charge is 0.322 e. The molecule has 0 saturated carbocycles. The van der Waals surface area contributed by atoms with Crippen molar-refractivity contribution in [2.75, 3.05) is 5.32 Å². The van der Waals surface area contributed by atoms with Crippen molar-refractivity contribution in [3.05, 3.63) is 65.2 Å². The van der Waals surface area contributed by atoms with Gasteiger partial charge in [0.15, 0.2) is 0 Å². The molecule has 2 aromatic carbocycles. The second-order valence-electron chi connectivity index (χ2n) is 5.28. The first-order valence-corrected chi connectivity index (χ1v) is 7.07. The fourth-order valence-corrected chi connectivity index (χ4v) is 2.12. The van der Waals surface area contributed by atoms with E-state index >= 15 is 0 Å². The van der Waals surface area contributed by atoms with Gasteiger partial charge in [-0.05, 0) is 55.3 Å². The van der Waals surface area contributed by atoms with E-state index in [0.29, 0.717) is 11.5 Å². The first-order valence-electron chi connectivity index (χ1n) is 7.07. The summed E-state index contributed by atoms with van der Waals surface area (Å²) in [6, 6.07) is 15.3. The van der Waals surface area contributed by atoms with Gasteiger partial charge in [-0.3, -0.25) is 4.79 Å². The van der Waals surface area contributed by atoms with Crippen molar-refractivity contribution in [1.29, 1.82) is 5.41 Å². The zero-order valence-electron chi connectivity index (χ0n) is 12.8. The quantitative estimate of drug-likeness (QED) is 0.764. The minimum Gasteiger partial charge on any atom is -0.322 e. The molecule has 0 aliphatic heterocycles. The summed E-state index contributed by atoms with van der Waals surface area (Å²) < 4.78 is 0. The molecule has 1 amide bonds. The number of nitrogens with one attached hydrogen (secondary N) is 2. The number of anilines is 1. The van der Waals surface area contributed by atoms with Crippen LogP contribution in [-0.2, 0) is 0 Å². The number of hydrogen-bond donors (Lipinski definition) is 2. The van der Waals surface area contributed by atoms with Crippen molar-refractivity contribution in [2.45, 2.75) is 26.2 Å². The number of amides is 1. The second-order valence-corrected chi connectivity index (χ2v) is 5.28. The topological polar surface area (TPSA) is 53.0 Å². The SMILES string of the molecule is Cc1ccc(C(=O)Nc2ccc(C(C)CC=N)cc2)cc1.Cl. The molecule has 4 heteroatoms. The fourth-order valence-electron chi connectivity index (χ4n) is 2.12. The number of carbonyl (C=O) groups is 1. The Balaban J connectivity index is 0.00000242. The number of halogens is 1. The Kier molecular flexibility index (Phi) is 6.80. The molecule has 0 aliphatic carbocycles. The number of rotatable bonds is 5. The minimum atomic E-state index is -0.102. The Bertz CT molecular complexity index is 621. The first-order chi connectivity index (χ1) is 10.1. The fraction of sp³-hybridized carbons (Fsp3) is 0.222. The summed E-state index contributed by atoms with van der Waals surface area (Å²) in [5.41, 5.74) is 3.75. The monoisotopic (exact) mass is 316 g/mol.